The summed E-state index contributed by atoms with van der Waals surface area (Å²) in [6.45, 7) is 0.597. The van der Waals surface area contributed by atoms with E-state index in [0.717, 1.165) is 52.9 Å². The van der Waals surface area contributed by atoms with Crippen molar-refractivity contribution < 1.29 is 4.79 Å². The number of nitrogens with one attached hydrogen (secondary N) is 1. The van der Waals surface area contributed by atoms with E-state index in [0.29, 0.717) is 23.0 Å². The van der Waals surface area contributed by atoms with Gasteiger partial charge >= 0.3 is 0 Å². The van der Waals surface area contributed by atoms with E-state index >= 15 is 0 Å². The van der Waals surface area contributed by atoms with Crippen LogP contribution in [-0.4, -0.2) is 38.0 Å². The molecule has 4 aromatic rings. The molecule has 0 fully saturated rings. The van der Waals surface area contributed by atoms with Gasteiger partial charge in [-0.05, 0) is 43.2 Å². The zero-order valence-corrected chi connectivity index (χ0v) is 21.4. The van der Waals surface area contributed by atoms with E-state index in [1.165, 1.54) is 0 Å². The topological polar surface area (TPSA) is 72.7 Å². The van der Waals surface area contributed by atoms with E-state index in [2.05, 4.69) is 20.5 Å². The summed E-state index contributed by atoms with van der Waals surface area (Å²) in [7, 11) is 0. The maximum atomic E-state index is 12.1. The molecule has 0 unspecified atom stereocenters. The third-order valence-electron chi connectivity index (χ3n) is 5.29. The second-order valence-corrected chi connectivity index (χ2v) is 9.71. The molecule has 1 amide bonds. The van der Waals surface area contributed by atoms with Gasteiger partial charge in [0.05, 0.1) is 15.7 Å². The van der Waals surface area contributed by atoms with E-state index in [9.17, 15) is 4.79 Å². The average Bonchev–Trinajstić information content (AvgIpc) is 3.30. The number of halogens is 2. The number of carbonyl (C=O) groups is 1. The minimum atomic E-state index is 0.0660. The molecule has 0 radical (unpaired) electrons. The fourth-order valence-corrected chi connectivity index (χ4v) is 4.75. The molecule has 2 aromatic carbocycles. The van der Waals surface area contributed by atoms with E-state index < -0.39 is 0 Å². The van der Waals surface area contributed by atoms with Crippen LogP contribution < -0.4 is 5.32 Å². The van der Waals surface area contributed by atoms with Gasteiger partial charge in [0.2, 0.25) is 5.91 Å². The first-order chi connectivity index (χ1) is 17.1. The van der Waals surface area contributed by atoms with Gasteiger partial charge in [-0.15, -0.1) is 10.2 Å². The molecule has 4 rings (SSSR count). The van der Waals surface area contributed by atoms with Crippen LogP contribution in [0.2, 0.25) is 10.0 Å². The van der Waals surface area contributed by atoms with Crippen molar-refractivity contribution >= 4 is 40.9 Å². The second kappa shape index (κ2) is 12.7. The van der Waals surface area contributed by atoms with Gasteiger partial charge in [-0.2, -0.15) is 0 Å². The van der Waals surface area contributed by atoms with Crippen LogP contribution in [0.1, 0.15) is 25.0 Å². The molecule has 0 aliphatic rings. The molecule has 0 aliphatic heterocycles. The van der Waals surface area contributed by atoms with Crippen molar-refractivity contribution in [1.82, 2.24) is 25.1 Å². The Hall–Kier alpha value is -2.87. The van der Waals surface area contributed by atoms with Crippen molar-refractivity contribution in [3.8, 4) is 17.1 Å². The number of thioether (sulfide) groups is 1. The summed E-state index contributed by atoms with van der Waals surface area (Å²) in [6.07, 6.45) is 4.68. The Kier molecular flexibility index (Phi) is 9.17. The molecular weight excluding hydrogens is 501 g/mol. The Morgan fingerprint density at radius 2 is 1.77 bits per heavy atom. The Balaban J connectivity index is 1.32. The molecule has 0 atom stereocenters. The van der Waals surface area contributed by atoms with Gasteiger partial charge in [0.1, 0.15) is 0 Å². The van der Waals surface area contributed by atoms with Crippen molar-refractivity contribution in [2.24, 2.45) is 0 Å². The zero-order chi connectivity index (χ0) is 24.5. The molecule has 0 saturated carbocycles. The number of pyridine rings is 1. The lowest BCUT2D eigenvalue weighted by atomic mass is 10.2. The zero-order valence-electron chi connectivity index (χ0n) is 19.0. The van der Waals surface area contributed by atoms with E-state index in [-0.39, 0.29) is 5.91 Å². The maximum absolute atomic E-state index is 12.1. The standard InChI is InChI=1S/C26H25Cl2N5OS/c27-22-13-12-21(18-23(22)28)33-25(19-8-2-1-3-9-19)31-32-26(33)35-17-7-5-11-24(34)30-16-14-20-10-4-6-15-29-20/h1-4,6,8-10,12-13,15,18H,5,7,11,14,16-17H2,(H,30,34). The Labute approximate surface area is 219 Å². The summed E-state index contributed by atoms with van der Waals surface area (Å²) in [4.78, 5) is 16.4. The lowest BCUT2D eigenvalue weighted by Crippen LogP contribution is -2.25. The highest BCUT2D eigenvalue weighted by molar-refractivity contribution is 7.99. The number of aromatic nitrogens is 4. The van der Waals surface area contributed by atoms with Crippen LogP contribution in [0.4, 0.5) is 0 Å². The van der Waals surface area contributed by atoms with E-state index in [1.54, 1.807) is 24.0 Å². The van der Waals surface area contributed by atoms with Gasteiger partial charge in [0, 0.05) is 42.6 Å². The highest BCUT2D eigenvalue weighted by Crippen LogP contribution is 2.31. The van der Waals surface area contributed by atoms with Crippen LogP contribution in [-0.2, 0) is 11.2 Å². The average molecular weight is 526 g/mol. The number of rotatable bonds is 11. The van der Waals surface area contributed by atoms with Gasteiger partial charge in [0.25, 0.3) is 0 Å². The third-order valence-corrected chi connectivity index (χ3v) is 7.04. The van der Waals surface area contributed by atoms with E-state index in [4.69, 9.17) is 23.2 Å². The number of amides is 1. The lowest BCUT2D eigenvalue weighted by Gasteiger charge is -2.11. The fraction of sp³-hybridized carbons (Fsp3) is 0.231. The molecule has 2 aromatic heterocycles. The van der Waals surface area contributed by atoms with Crippen molar-refractivity contribution in [2.45, 2.75) is 30.8 Å². The van der Waals surface area contributed by atoms with Crippen molar-refractivity contribution in [1.29, 1.82) is 0 Å². The van der Waals surface area contributed by atoms with Crippen LogP contribution >= 0.6 is 35.0 Å². The molecule has 6 nitrogen and oxygen atoms in total. The molecule has 180 valence electrons. The third kappa shape index (κ3) is 7.07. The number of benzene rings is 2. The van der Waals surface area contributed by atoms with Gasteiger partial charge in [0.15, 0.2) is 11.0 Å². The van der Waals surface area contributed by atoms with Gasteiger partial charge in [-0.25, -0.2) is 0 Å². The Bertz CT molecular complexity index is 1250. The van der Waals surface area contributed by atoms with Gasteiger partial charge in [-0.3, -0.25) is 14.3 Å². The van der Waals surface area contributed by atoms with Crippen LogP contribution in [0.25, 0.3) is 17.1 Å². The summed E-state index contributed by atoms with van der Waals surface area (Å²) >= 11 is 14.0. The molecule has 0 aliphatic carbocycles. The number of carbonyl (C=O) groups excluding carboxylic acids is 1. The second-order valence-electron chi connectivity index (χ2n) is 7.83. The summed E-state index contributed by atoms with van der Waals surface area (Å²) in [5.41, 5.74) is 2.78. The summed E-state index contributed by atoms with van der Waals surface area (Å²) in [6, 6.07) is 21.2. The van der Waals surface area contributed by atoms with Crippen molar-refractivity contribution in [2.75, 3.05) is 12.3 Å². The van der Waals surface area contributed by atoms with Gasteiger partial charge in [-0.1, -0.05) is 71.4 Å². The maximum Gasteiger partial charge on any atom is 0.220 e. The normalized spacial score (nSPS) is 10.9. The first kappa shape index (κ1) is 25.2. The first-order valence-electron chi connectivity index (χ1n) is 11.4. The smallest absolute Gasteiger partial charge is 0.220 e. The van der Waals surface area contributed by atoms with Crippen molar-refractivity contribution in [3.05, 3.63) is 88.7 Å². The minimum Gasteiger partial charge on any atom is -0.356 e. The van der Waals surface area contributed by atoms with Crippen LogP contribution in [0, 0.1) is 0 Å². The first-order valence-corrected chi connectivity index (χ1v) is 13.1. The lowest BCUT2D eigenvalue weighted by molar-refractivity contribution is -0.121. The largest absolute Gasteiger partial charge is 0.356 e. The molecule has 35 heavy (non-hydrogen) atoms. The molecule has 0 bridgehead atoms. The predicted molar refractivity (Wildman–Crippen MR) is 142 cm³/mol. The van der Waals surface area contributed by atoms with Crippen LogP contribution in [0.15, 0.2) is 78.1 Å². The van der Waals surface area contributed by atoms with E-state index in [1.807, 2.05) is 65.2 Å². The number of hydrogen-bond acceptors (Lipinski definition) is 5. The number of unbranched alkanes of at least 4 members (excludes halogenated alkanes) is 1. The molecule has 1 N–H and O–H groups in total. The Morgan fingerprint density at radius 3 is 2.54 bits per heavy atom. The highest BCUT2D eigenvalue weighted by atomic mass is 35.5. The molecule has 0 saturated heterocycles. The van der Waals surface area contributed by atoms with Crippen molar-refractivity contribution in [3.63, 3.8) is 0 Å². The summed E-state index contributed by atoms with van der Waals surface area (Å²) in [5, 5.41) is 13.6. The van der Waals surface area contributed by atoms with Gasteiger partial charge < -0.3 is 5.32 Å². The van der Waals surface area contributed by atoms with Crippen LogP contribution in [0.5, 0.6) is 0 Å². The minimum absolute atomic E-state index is 0.0660. The SMILES string of the molecule is O=C(CCCCSc1nnc(-c2ccccc2)n1-c1ccc(Cl)c(Cl)c1)NCCc1ccccn1. The van der Waals surface area contributed by atoms with Crippen LogP contribution in [0.3, 0.4) is 0 Å². The highest BCUT2D eigenvalue weighted by Gasteiger charge is 2.17. The predicted octanol–water partition coefficient (Wildman–Crippen LogP) is 6.26. The number of hydrogen-bond donors (Lipinski definition) is 1. The fourth-order valence-electron chi connectivity index (χ4n) is 3.51. The summed E-state index contributed by atoms with van der Waals surface area (Å²) < 4.78 is 1.99. The monoisotopic (exact) mass is 525 g/mol. The molecule has 9 heteroatoms. The number of nitrogens with zero attached hydrogens (tertiary/aromatic N) is 4. The quantitative estimate of drug-likeness (QED) is 0.185. The molecule has 2 heterocycles. The molecular formula is C26H25Cl2N5OS. The Morgan fingerprint density at radius 1 is 0.943 bits per heavy atom. The molecule has 0 spiro atoms. The summed E-state index contributed by atoms with van der Waals surface area (Å²) in [5.74, 6) is 1.62.